The van der Waals surface area contributed by atoms with Crippen molar-refractivity contribution < 1.29 is 28.6 Å². The standard InChI is InChI=1S/C28H24N2O6S/c1-3-35-25(31)18-36-23-15-14-19(17-24(23)34-2)16-22-26(32)29(20-10-6-4-7-11-20)28(37)30(27(22)33)21-12-8-5-9-13-21/h4-17H,3,18H2,1-2H3. The molecule has 1 heterocycles. The molecule has 0 atom stereocenters. The van der Waals surface area contributed by atoms with E-state index in [2.05, 4.69) is 0 Å². The highest BCUT2D eigenvalue weighted by molar-refractivity contribution is 7.81. The van der Waals surface area contributed by atoms with E-state index in [0.29, 0.717) is 28.4 Å². The maximum atomic E-state index is 13.6. The Balaban J connectivity index is 1.73. The molecule has 2 amide bonds. The minimum Gasteiger partial charge on any atom is -0.493 e. The van der Waals surface area contributed by atoms with Gasteiger partial charge in [0.25, 0.3) is 11.8 Å². The van der Waals surface area contributed by atoms with Gasteiger partial charge in [-0.15, -0.1) is 0 Å². The summed E-state index contributed by atoms with van der Waals surface area (Å²) in [5.41, 5.74) is 1.52. The number of anilines is 2. The third kappa shape index (κ3) is 5.52. The Labute approximate surface area is 219 Å². The minimum atomic E-state index is -0.546. The largest absolute Gasteiger partial charge is 0.493 e. The highest BCUT2D eigenvalue weighted by atomic mass is 32.1. The fraction of sp³-hybridized carbons (Fsp3) is 0.143. The first-order valence-electron chi connectivity index (χ1n) is 11.5. The van der Waals surface area contributed by atoms with E-state index in [4.69, 9.17) is 26.4 Å². The summed E-state index contributed by atoms with van der Waals surface area (Å²) in [7, 11) is 1.45. The number of carbonyl (C=O) groups is 3. The molecule has 1 fully saturated rings. The Morgan fingerprint density at radius 2 is 1.43 bits per heavy atom. The molecule has 1 aliphatic heterocycles. The average molecular weight is 517 g/mol. The van der Waals surface area contributed by atoms with Crippen molar-refractivity contribution in [2.24, 2.45) is 0 Å². The molecule has 3 aromatic carbocycles. The molecule has 0 bridgehead atoms. The second-order valence-corrected chi connectivity index (χ2v) is 8.16. The zero-order valence-corrected chi connectivity index (χ0v) is 21.1. The average Bonchev–Trinajstić information content (AvgIpc) is 2.91. The van der Waals surface area contributed by atoms with Gasteiger partial charge in [-0.3, -0.25) is 19.4 Å². The van der Waals surface area contributed by atoms with Crippen molar-refractivity contribution >= 4 is 52.6 Å². The van der Waals surface area contributed by atoms with Gasteiger partial charge in [0.05, 0.1) is 25.1 Å². The van der Waals surface area contributed by atoms with Gasteiger partial charge < -0.3 is 14.2 Å². The summed E-state index contributed by atoms with van der Waals surface area (Å²) in [4.78, 5) is 41.5. The lowest BCUT2D eigenvalue weighted by atomic mass is 10.0. The maximum Gasteiger partial charge on any atom is 0.344 e. The van der Waals surface area contributed by atoms with Gasteiger partial charge in [-0.05, 0) is 67.2 Å². The molecule has 37 heavy (non-hydrogen) atoms. The topological polar surface area (TPSA) is 85.4 Å². The zero-order chi connectivity index (χ0) is 26.4. The summed E-state index contributed by atoms with van der Waals surface area (Å²) in [6.45, 7) is 1.67. The number of hydrogen-bond donors (Lipinski definition) is 0. The van der Waals surface area contributed by atoms with Crippen LogP contribution < -0.4 is 19.3 Å². The number of para-hydroxylation sites is 2. The van der Waals surface area contributed by atoms with Crippen molar-refractivity contribution in [3.8, 4) is 11.5 Å². The summed E-state index contributed by atoms with van der Waals surface area (Å²) in [6.07, 6.45) is 1.48. The van der Waals surface area contributed by atoms with Crippen LogP contribution in [0.15, 0.2) is 84.4 Å². The number of esters is 1. The van der Waals surface area contributed by atoms with Gasteiger partial charge in [-0.2, -0.15) is 0 Å². The highest BCUT2D eigenvalue weighted by Gasteiger charge is 2.41. The number of amides is 2. The van der Waals surface area contributed by atoms with Gasteiger partial charge >= 0.3 is 5.97 Å². The van der Waals surface area contributed by atoms with Crippen LogP contribution in [0.3, 0.4) is 0 Å². The van der Waals surface area contributed by atoms with E-state index >= 15 is 0 Å². The van der Waals surface area contributed by atoms with Crippen LogP contribution >= 0.6 is 12.2 Å². The van der Waals surface area contributed by atoms with Crippen LogP contribution in [-0.4, -0.2) is 43.2 Å². The lowest BCUT2D eigenvalue weighted by Gasteiger charge is -2.36. The van der Waals surface area contributed by atoms with Crippen LogP contribution in [0.25, 0.3) is 6.08 Å². The van der Waals surface area contributed by atoms with Crippen molar-refractivity contribution in [2.45, 2.75) is 6.92 Å². The highest BCUT2D eigenvalue weighted by Crippen LogP contribution is 2.32. The molecule has 188 valence electrons. The zero-order valence-electron chi connectivity index (χ0n) is 20.2. The van der Waals surface area contributed by atoms with Crippen LogP contribution in [0.1, 0.15) is 12.5 Å². The van der Waals surface area contributed by atoms with E-state index in [1.165, 1.54) is 23.0 Å². The summed E-state index contributed by atoms with van der Waals surface area (Å²) in [6, 6.07) is 22.7. The van der Waals surface area contributed by atoms with E-state index in [-0.39, 0.29) is 23.9 Å². The van der Waals surface area contributed by atoms with Crippen LogP contribution in [0, 0.1) is 0 Å². The minimum absolute atomic E-state index is 0.0600. The van der Waals surface area contributed by atoms with Gasteiger partial charge in [0.2, 0.25) is 0 Å². The summed E-state index contributed by atoms with van der Waals surface area (Å²) >= 11 is 5.62. The van der Waals surface area contributed by atoms with Crippen LogP contribution in [0.5, 0.6) is 11.5 Å². The fourth-order valence-electron chi connectivity index (χ4n) is 3.74. The molecular weight excluding hydrogens is 492 g/mol. The van der Waals surface area contributed by atoms with Crippen molar-refractivity contribution in [2.75, 3.05) is 30.1 Å². The van der Waals surface area contributed by atoms with Gasteiger partial charge in [0.1, 0.15) is 5.57 Å². The van der Waals surface area contributed by atoms with Gasteiger partial charge in [-0.25, -0.2) is 4.79 Å². The quantitative estimate of drug-likeness (QED) is 0.190. The lowest BCUT2D eigenvalue weighted by Crippen LogP contribution is -2.56. The number of nitrogens with zero attached hydrogens (tertiary/aromatic N) is 2. The summed E-state index contributed by atoms with van der Waals surface area (Å²) < 4.78 is 15.8. The van der Waals surface area contributed by atoms with Crippen molar-refractivity contribution in [3.63, 3.8) is 0 Å². The SMILES string of the molecule is CCOC(=O)COc1ccc(C=C2C(=O)N(c3ccccc3)C(=S)N(c3ccccc3)C2=O)cc1OC. The molecule has 0 N–H and O–H groups in total. The Kier molecular flexibility index (Phi) is 7.95. The number of methoxy groups -OCH3 is 1. The van der Waals surface area contributed by atoms with Crippen molar-refractivity contribution in [1.29, 1.82) is 0 Å². The predicted molar refractivity (Wildman–Crippen MR) is 144 cm³/mol. The number of thiocarbonyl (C=S) groups is 1. The van der Waals surface area contributed by atoms with E-state index < -0.39 is 17.8 Å². The molecular formula is C28H24N2O6S. The number of carbonyl (C=O) groups excluding carboxylic acids is 3. The maximum absolute atomic E-state index is 13.6. The Bertz CT molecular complexity index is 1290. The van der Waals surface area contributed by atoms with Gasteiger partial charge in [-0.1, -0.05) is 42.5 Å². The van der Waals surface area contributed by atoms with E-state index in [9.17, 15) is 14.4 Å². The molecule has 4 rings (SSSR count). The van der Waals surface area contributed by atoms with Crippen LogP contribution in [-0.2, 0) is 19.1 Å². The molecule has 0 aliphatic carbocycles. The third-order valence-electron chi connectivity index (χ3n) is 5.43. The monoisotopic (exact) mass is 516 g/mol. The number of benzene rings is 3. The van der Waals surface area contributed by atoms with E-state index in [0.717, 1.165) is 0 Å². The second kappa shape index (κ2) is 11.5. The lowest BCUT2D eigenvalue weighted by molar-refractivity contribution is -0.145. The summed E-state index contributed by atoms with van der Waals surface area (Å²) in [5, 5.41) is 0.0600. The molecule has 1 saturated heterocycles. The molecule has 3 aromatic rings. The Morgan fingerprint density at radius 1 is 0.865 bits per heavy atom. The number of ether oxygens (including phenoxy) is 3. The Hall–Kier alpha value is -4.50. The predicted octanol–water partition coefficient (Wildman–Crippen LogP) is 4.39. The Morgan fingerprint density at radius 3 is 1.95 bits per heavy atom. The van der Waals surface area contributed by atoms with Gasteiger partial charge in [0, 0.05) is 0 Å². The fourth-order valence-corrected chi connectivity index (χ4v) is 4.11. The molecule has 0 radical (unpaired) electrons. The van der Waals surface area contributed by atoms with Crippen molar-refractivity contribution in [1.82, 2.24) is 0 Å². The third-order valence-corrected chi connectivity index (χ3v) is 5.79. The first-order chi connectivity index (χ1) is 17.9. The van der Waals surface area contributed by atoms with E-state index in [1.54, 1.807) is 73.7 Å². The molecule has 1 aliphatic rings. The molecule has 9 heteroatoms. The van der Waals surface area contributed by atoms with Crippen LogP contribution in [0.2, 0.25) is 0 Å². The first kappa shape index (κ1) is 25.6. The molecule has 0 unspecified atom stereocenters. The first-order valence-corrected chi connectivity index (χ1v) is 11.9. The van der Waals surface area contributed by atoms with Gasteiger partial charge in [0.15, 0.2) is 23.2 Å². The van der Waals surface area contributed by atoms with Crippen LogP contribution in [0.4, 0.5) is 11.4 Å². The summed E-state index contributed by atoms with van der Waals surface area (Å²) in [5.74, 6) is -0.959. The molecule has 8 nitrogen and oxygen atoms in total. The number of rotatable bonds is 8. The molecule has 0 spiro atoms. The number of hydrogen-bond acceptors (Lipinski definition) is 7. The molecule has 0 aromatic heterocycles. The smallest absolute Gasteiger partial charge is 0.344 e. The van der Waals surface area contributed by atoms with Crippen molar-refractivity contribution in [3.05, 3.63) is 90.0 Å². The second-order valence-electron chi connectivity index (χ2n) is 7.80. The molecule has 0 saturated carbocycles. The van der Waals surface area contributed by atoms with E-state index in [1.807, 2.05) is 12.1 Å². The normalized spacial score (nSPS) is 13.5.